The number of methoxy groups -OCH3 is 1. The minimum Gasteiger partial charge on any atom is -0.464 e. The lowest BCUT2D eigenvalue weighted by atomic mass is 10.0. The van der Waals surface area contributed by atoms with Crippen molar-refractivity contribution in [3.05, 3.63) is 47.7 Å². The van der Waals surface area contributed by atoms with E-state index in [4.69, 9.17) is 4.74 Å². The molecule has 5 nitrogen and oxygen atoms in total. The number of nitrogens with one attached hydrogen (secondary N) is 1. The molecule has 0 aliphatic rings. The van der Waals surface area contributed by atoms with Crippen molar-refractivity contribution in [1.82, 2.24) is 9.88 Å². The van der Waals surface area contributed by atoms with Crippen LogP contribution >= 0.6 is 0 Å². The van der Waals surface area contributed by atoms with Crippen molar-refractivity contribution < 1.29 is 14.3 Å². The molecular weight excluding hydrogens is 280 g/mol. The van der Waals surface area contributed by atoms with Crippen LogP contribution in [0.3, 0.4) is 0 Å². The second-order valence-electron chi connectivity index (χ2n) is 4.94. The molecule has 0 radical (unpaired) electrons. The summed E-state index contributed by atoms with van der Waals surface area (Å²) in [6.45, 7) is 2.28. The number of aromatic nitrogens is 1. The highest BCUT2D eigenvalue weighted by atomic mass is 16.5. The SMILES string of the molecule is CCC(=O)NCc1ccccc1-c1ccc(C(=O)OC)n1C. The van der Waals surface area contributed by atoms with Gasteiger partial charge in [-0.25, -0.2) is 4.79 Å². The Balaban J connectivity index is 2.35. The molecule has 1 aromatic heterocycles. The van der Waals surface area contributed by atoms with Gasteiger partial charge in [0.25, 0.3) is 0 Å². The van der Waals surface area contributed by atoms with Crippen molar-refractivity contribution in [2.24, 2.45) is 7.05 Å². The van der Waals surface area contributed by atoms with Gasteiger partial charge in [0.05, 0.1) is 7.11 Å². The predicted molar refractivity (Wildman–Crippen MR) is 84.3 cm³/mol. The van der Waals surface area contributed by atoms with E-state index in [0.29, 0.717) is 18.7 Å². The third-order valence-electron chi connectivity index (χ3n) is 3.61. The average molecular weight is 300 g/mol. The van der Waals surface area contributed by atoms with Crippen LogP contribution < -0.4 is 5.32 Å². The summed E-state index contributed by atoms with van der Waals surface area (Å²) in [5, 5.41) is 2.88. The Labute approximate surface area is 129 Å². The van der Waals surface area contributed by atoms with Gasteiger partial charge in [0, 0.05) is 31.3 Å². The summed E-state index contributed by atoms with van der Waals surface area (Å²) in [4.78, 5) is 23.2. The Morgan fingerprint density at radius 1 is 1.18 bits per heavy atom. The Bertz CT molecular complexity index is 689. The van der Waals surface area contributed by atoms with Crippen LogP contribution in [0.15, 0.2) is 36.4 Å². The molecule has 5 heteroatoms. The van der Waals surface area contributed by atoms with Crippen LogP contribution in [-0.2, 0) is 23.1 Å². The van der Waals surface area contributed by atoms with Crippen LogP contribution in [-0.4, -0.2) is 23.6 Å². The molecular formula is C17H20N2O3. The number of hydrogen-bond donors (Lipinski definition) is 1. The second kappa shape index (κ2) is 6.93. The summed E-state index contributed by atoms with van der Waals surface area (Å²) in [6.07, 6.45) is 0.457. The molecule has 116 valence electrons. The van der Waals surface area contributed by atoms with Gasteiger partial charge in [-0.3, -0.25) is 4.79 Å². The van der Waals surface area contributed by atoms with E-state index in [-0.39, 0.29) is 11.9 Å². The van der Waals surface area contributed by atoms with Crippen molar-refractivity contribution in [3.8, 4) is 11.3 Å². The minimum absolute atomic E-state index is 0.0110. The first-order chi connectivity index (χ1) is 10.6. The molecule has 1 amide bonds. The molecule has 0 unspecified atom stereocenters. The summed E-state index contributed by atoms with van der Waals surface area (Å²) in [7, 11) is 3.19. The Morgan fingerprint density at radius 3 is 2.59 bits per heavy atom. The largest absolute Gasteiger partial charge is 0.464 e. The van der Waals surface area contributed by atoms with E-state index in [2.05, 4.69) is 5.32 Å². The Hall–Kier alpha value is -2.56. The standard InChI is InChI=1S/C17H20N2O3/c1-4-16(20)18-11-12-7-5-6-8-13(12)14-9-10-15(19(14)2)17(21)22-3/h5-10H,4,11H2,1-3H3,(H,18,20). The maximum absolute atomic E-state index is 11.7. The van der Waals surface area contributed by atoms with Crippen LogP contribution in [0.2, 0.25) is 0 Å². The van der Waals surface area contributed by atoms with Gasteiger partial charge in [-0.2, -0.15) is 0 Å². The molecule has 0 bridgehead atoms. The number of hydrogen-bond acceptors (Lipinski definition) is 3. The third kappa shape index (κ3) is 3.19. The van der Waals surface area contributed by atoms with Crippen molar-refractivity contribution in [2.45, 2.75) is 19.9 Å². The van der Waals surface area contributed by atoms with Crippen LogP contribution in [0, 0.1) is 0 Å². The molecule has 1 N–H and O–H groups in total. The Morgan fingerprint density at radius 2 is 1.91 bits per heavy atom. The second-order valence-corrected chi connectivity index (χ2v) is 4.94. The fourth-order valence-corrected chi connectivity index (χ4v) is 2.33. The Kier molecular flexibility index (Phi) is 4.99. The summed E-state index contributed by atoms with van der Waals surface area (Å²) >= 11 is 0. The smallest absolute Gasteiger partial charge is 0.354 e. The number of benzene rings is 1. The fourth-order valence-electron chi connectivity index (χ4n) is 2.33. The van der Waals surface area contributed by atoms with Gasteiger partial charge >= 0.3 is 5.97 Å². The van der Waals surface area contributed by atoms with E-state index >= 15 is 0 Å². The van der Waals surface area contributed by atoms with E-state index < -0.39 is 0 Å². The average Bonchev–Trinajstić information content (AvgIpc) is 2.93. The number of nitrogens with zero attached hydrogens (tertiary/aromatic N) is 1. The van der Waals surface area contributed by atoms with Crippen LogP contribution in [0.4, 0.5) is 0 Å². The maximum atomic E-state index is 11.7. The van der Waals surface area contributed by atoms with Crippen molar-refractivity contribution in [3.63, 3.8) is 0 Å². The van der Waals surface area contributed by atoms with E-state index in [9.17, 15) is 9.59 Å². The lowest BCUT2D eigenvalue weighted by Crippen LogP contribution is -2.21. The predicted octanol–water partition coefficient (Wildman–Crippen LogP) is 2.50. The first kappa shape index (κ1) is 15.8. The molecule has 2 rings (SSSR count). The minimum atomic E-state index is -0.370. The van der Waals surface area contributed by atoms with Crippen LogP contribution in [0.5, 0.6) is 0 Å². The molecule has 1 heterocycles. The zero-order chi connectivity index (χ0) is 16.1. The molecule has 0 aliphatic carbocycles. The number of esters is 1. The molecule has 0 saturated carbocycles. The monoisotopic (exact) mass is 300 g/mol. The van der Waals surface area contributed by atoms with Gasteiger partial charge in [0.15, 0.2) is 0 Å². The van der Waals surface area contributed by atoms with Gasteiger partial charge in [-0.1, -0.05) is 31.2 Å². The lowest BCUT2D eigenvalue weighted by Gasteiger charge is -2.12. The van der Waals surface area contributed by atoms with Gasteiger partial charge in [0.1, 0.15) is 5.69 Å². The summed E-state index contributed by atoms with van der Waals surface area (Å²) < 4.78 is 6.57. The van der Waals surface area contributed by atoms with Crippen molar-refractivity contribution in [2.75, 3.05) is 7.11 Å². The van der Waals surface area contributed by atoms with E-state index in [1.54, 1.807) is 10.6 Å². The highest BCUT2D eigenvalue weighted by Crippen LogP contribution is 2.25. The fraction of sp³-hybridized carbons (Fsp3) is 0.294. The quantitative estimate of drug-likeness (QED) is 0.863. The number of carbonyl (C=O) groups excluding carboxylic acids is 2. The molecule has 0 saturated heterocycles. The van der Waals surface area contributed by atoms with E-state index in [1.807, 2.05) is 44.3 Å². The molecule has 2 aromatic rings. The highest BCUT2D eigenvalue weighted by Gasteiger charge is 2.15. The first-order valence-electron chi connectivity index (χ1n) is 7.17. The number of carbonyl (C=O) groups is 2. The summed E-state index contributed by atoms with van der Waals surface area (Å²) in [6, 6.07) is 11.4. The zero-order valence-corrected chi connectivity index (χ0v) is 13.1. The number of amides is 1. The van der Waals surface area contributed by atoms with E-state index in [0.717, 1.165) is 16.8 Å². The summed E-state index contributed by atoms with van der Waals surface area (Å²) in [5.41, 5.74) is 3.38. The lowest BCUT2D eigenvalue weighted by molar-refractivity contribution is -0.120. The van der Waals surface area contributed by atoms with Gasteiger partial charge in [0.2, 0.25) is 5.91 Å². The molecule has 0 spiro atoms. The van der Waals surface area contributed by atoms with Crippen molar-refractivity contribution in [1.29, 1.82) is 0 Å². The third-order valence-corrected chi connectivity index (χ3v) is 3.61. The van der Waals surface area contributed by atoms with Gasteiger partial charge in [-0.05, 0) is 17.7 Å². The maximum Gasteiger partial charge on any atom is 0.354 e. The van der Waals surface area contributed by atoms with Gasteiger partial charge in [-0.15, -0.1) is 0 Å². The van der Waals surface area contributed by atoms with Crippen LogP contribution in [0.25, 0.3) is 11.3 Å². The van der Waals surface area contributed by atoms with Gasteiger partial charge < -0.3 is 14.6 Å². The first-order valence-corrected chi connectivity index (χ1v) is 7.17. The topological polar surface area (TPSA) is 60.3 Å². The highest BCUT2D eigenvalue weighted by molar-refractivity contribution is 5.89. The molecule has 1 aromatic carbocycles. The normalized spacial score (nSPS) is 10.3. The molecule has 0 aliphatic heterocycles. The molecule has 22 heavy (non-hydrogen) atoms. The molecule has 0 atom stereocenters. The number of ether oxygens (including phenoxy) is 1. The van der Waals surface area contributed by atoms with E-state index in [1.165, 1.54) is 7.11 Å². The number of rotatable bonds is 5. The van der Waals surface area contributed by atoms with Crippen molar-refractivity contribution >= 4 is 11.9 Å². The summed E-state index contributed by atoms with van der Waals surface area (Å²) in [5.74, 6) is -0.359. The molecule has 0 fully saturated rings. The zero-order valence-electron chi connectivity index (χ0n) is 13.1. The van der Waals surface area contributed by atoms with Crippen LogP contribution in [0.1, 0.15) is 29.4 Å².